The quantitative estimate of drug-likeness (QED) is 0.499. The summed E-state index contributed by atoms with van der Waals surface area (Å²) in [4.78, 5) is 4.27. The number of nitrogens with one attached hydrogen (secondary N) is 1. The fourth-order valence-electron chi connectivity index (χ4n) is 2.28. The van der Waals surface area contributed by atoms with E-state index >= 15 is 0 Å². The summed E-state index contributed by atoms with van der Waals surface area (Å²) in [5, 5.41) is 16.9. The molecule has 20 heavy (non-hydrogen) atoms. The summed E-state index contributed by atoms with van der Waals surface area (Å²) in [5.41, 5.74) is 1.97. The molecule has 0 saturated heterocycles. The molecule has 1 aliphatic carbocycles. The van der Waals surface area contributed by atoms with Crippen molar-refractivity contribution in [1.82, 2.24) is 0 Å². The number of aliphatic imine (C=N–C) groups is 1. The maximum atomic E-state index is 8.80. The Hall–Kier alpha value is -1.69. The van der Waals surface area contributed by atoms with Crippen LogP contribution in [0, 0.1) is 22.7 Å². The van der Waals surface area contributed by atoms with Gasteiger partial charge in [-0.2, -0.15) is 5.26 Å². The number of hydrogen-bond donors (Lipinski definition) is 1. The minimum absolute atomic E-state index is 0.447. The summed E-state index contributed by atoms with van der Waals surface area (Å²) in [6.07, 6.45) is 13.7. The van der Waals surface area contributed by atoms with E-state index in [4.69, 9.17) is 10.7 Å². The van der Waals surface area contributed by atoms with Gasteiger partial charge in [-0.05, 0) is 38.7 Å². The van der Waals surface area contributed by atoms with Crippen LogP contribution < -0.4 is 0 Å². The van der Waals surface area contributed by atoms with Gasteiger partial charge in [0, 0.05) is 17.8 Å². The van der Waals surface area contributed by atoms with E-state index < -0.39 is 0 Å². The molecule has 0 aromatic carbocycles. The average molecular weight is 271 g/mol. The van der Waals surface area contributed by atoms with Crippen molar-refractivity contribution in [1.29, 1.82) is 10.7 Å². The number of hydrogen-bond acceptors (Lipinski definition) is 3. The highest BCUT2D eigenvalue weighted by Crippen LogP contribution is 2.30. The fourth-order valence-corrected chi connectivity index (χ4v) is 2.28. The van der Waals surface area contributed by atoms with Gasteiger partial charge in [0.2, 0.25) is 0 Å². The van der Waals surface area contributed by atoms with Gasteiger partial charge in [-0.1, -0.05) is 37.8 Å². The van der Waals surface area contributed by atoms with E-state index in [9.17, 15) is 0 Å². The van der Waals surface area contributed by atoms with Crippen LogP contribution in [0.5, 0.6) is 0 Å². The second-order valence-corrected chi connectivity index (χ2v) is 5.46. The van der Waals surface area contributed by atoms with Crippen LogP contribution >= 0.6 is 0 Å². The molecule has 0 atom stereocenters. The third kappa shape index (κ3) is 6.47. The van der Waals surface area contributed by atoms with Gasteiger partial charge >= 0.3 is 0 Å². The molecule has 0 spiro atoms. The molecule has 0 unspecified atom stereocenters. The monoisotopic (exact) mass is 271 g/mol. The normalized spacial score (nSPS) is 17.1. The minimum Gasteiger partial charge on any atom is -0.309 e. The van der Waals surface area contributed by atoms with E-state index in [0.717, 1.165) is 30.2 Å². The van der Waals surface area contributed by atoms with Crippen LogP contribution in [0.25, 0.3) is 0 Å². The summed E-state index contributed by atoms with van der Waals surface area (Å²) < 4.78 is 0. The van der Waals surface area contributed by atoms with Gasteiger partial charge in [-0.15, -0.1) is 0 Å². The van der Waals surface area contributed by atoms with Crippen molar-refractivity contribution in [2.45, 2.75) is 58.8 Å². The molecule has 0 aromatic heterocycles. The largest absolute Gasteiger partial charge is 0.309 e. The van der Waals surface area contributed by atoms with Crippen molar-refractivity contribution in [2.24, 2.45) is 10.9 Å². The molecule has 3 nitrogen and oxygen atoms in total. The molecule has 1 fully saturated rings. The Bertz CT molecular complexity index is 445. The van der Waals surface area contributed by atoms with Gasteiger partial charge < -0.3 is 5.41 Å². The Kier molecular flexibility index (Phi) is 7.57. The lowest BCUT2D eigenvalue weighted by Gasteiger charge is -2.25. The van der Waals surface area contributed by atoms with Gasteiger partial charge in [0.25, 0.3) is 0 Å². The van der Waals surface area contributed by atoms with Crippen molar-refractivity contribution in [2.75, 3.05) is 0 Å². The predicted octanol–water partition coefficient (Wildman–Crippen LogP) is 4.81. The Morgan fingerprint density at radius 1 is 1.45 bits per heavy atom. The lowest BCUT2D eigenvalue weighted by Crippen LogP contribution is -2.11. The molecule has 1 N–H and O–H groups in total. The maximum Gasteiger partial charge on any atom is 0.115 e. The van der Waals surface area contributed by atoms with Gasteiger partial charge in [0.15, 0.2) is 0 Å². The standard InChI is InChI=1S/C17H25N3/c1-3-4-11-17(20-14(2)13-18)12-16(19)10-6-9-15-7-5-8-15/h3-4,11,15,19H,5-10,12H2,1-2H3/b4-3-,17-11-,19-16?,20-14?. The highest BCUT2D eigenvalue weighted by Gasteiger charge is 2.16. The molecular formula is C17H25N3. The van der Waals surface area contributed by atoms with Crippen LogP contribution in [0.4, 0.5) is 0 Å². The molecule has 0 bridgehead atoms. The SMILES string of the molecule is C/C=C\C=C(\CC(=N)CCCC1CCC1)N=C(C)C#N. The van der Waals surface area contributed by atoms with Crippen LogP contribution in [0.3, 0.4) is 0 Å². The van der Waals surface area contributed by atoms with Crippen LogP contribution in [-0.4, -0.2) is 11.4 Å². The van der Waals surface area contributed by atoms with Crippen molar-refractivity contribution in [3.05, 3.63) is 23.9 Å². The molecule has 1 aliphatic rings. The smallest absolute Gasteiger partial charge is 0.115 e. The predicted molar refractivity (Wildman–Crippen MR) is 85.2 cm³/mol. The fraction of sp³-hybridized carbons (Fsp3) is 0.588. The van der Waals surface area contributed by atoms with Crippen molar-refractivity contribution >= 4 is 11.4 Å². The molecule has 108 valence electrons. The Morgan fingerprint density at radius 3 is 2.75 bits per heavy atom. The lowest BCUT2D eigenvalue weighted by atomic mass is 9.81. The summed E-state index contributed by atoms with van der Waals surface area (Å²) in [7, 11) is 0. The molecule has 1 saturated carbocycles. The van der Waals surface area contributed by atoms with E-state index in [2.05, 4.69) is 4.99 Å². The van der Waals surface area contributed by atoms with E-state index in [0.29, 0.717) is 12.1 Å². The minimum atomic E-state index is 0.447. The first-order valence-corrected chi connectivity index (χ1v) is 7.49. The van der Waals surface area contributed by atoms with Crippen LogP contribution in [0.1, 0.15) is 58.8 Å². The van der Waals surface area contributed by atoms with Crippen molar-refractivity contribution in [3.63, 3.8) is 0 Å². The lowest BCUT2D eigenvalue weighted by molar-refractivity contribution is 0.291. The van der Waals surface area contributed by atoms with E-state index in [1.54, 1.807) is 6.92 Å². The first-order chi connectivity index (χ1) is 9.65. The topological polar surface area (TPSA) is 60.0 Å². The molecule has 1 rings (SSSR count). The zero-order chi connectivity index (χ0) is 14.8. The summed E-state index contributed by atoms with van der Waals surface area (Å²) in [6.45, 7) is 3.64. The molecular weight excluding hydrogens is 246 g/mol. The van der Waals surface area contributed by atoms with Crippen LogP contribution in [0.15, 0.2) is 28.9 Å². The zero-order valence-corrected chi connectivity index (χ0v) is 12.7. The molecule has 0 aromatic rings. The molecule has 0 amide bonds. The van der Waals surface area contributed by atoms with Crippen LogP contribution in [-0.2, 0) is 0 Å². The van der Waals surface area contributed by atoms with Gasteiger partial charge in [-0.3, -0.25) is 0 Å². The van der Waals surface area contributed by atoms with E-state index in [1.165, 1.54) is 25.7 Å². The Balaban J connectivity index is 2.42. The second-order valence-electron chi connectivity index (χ2n) is 5.46. The molecule has 0 heterocycles. The van der Waals surface area contributed by atoms with Gasteiger partial charge in [0.1, 0.15) is 11.8 Å². The average Bonchev–Trinajstić information content (AvgIpc) is 2.38. The van der Waals surface area contributed by atoms with Gasteiger partial charge in [0.05, 0.1) is 0 Å². The number of allylic oxidation sites excluding steroid dienone is 4. The van der Waals surface area contributed by atoms with Crippen LogP contribution in [0.2, 0.25) is 0 Å². The summed E-state index contributed by atoms with van der Waals surface area (Å²) in [6, 6.07) is 2.03. The molecule has 3 heteroatoms. The first-order valence-electron chi connectivity index (χ1n) is 7.49. The molecule has 0 radical (unpaired) electrons. The third-order valence-electron chi connectivity index (χ3n) is 3.66. The highest BCUT2D eigenvalue weighted by molar-refractivity contribution is 5.97. The Labute approximate surface area is 122 Å². The number of rotatable bonds is 8. The Morgan fingerprint density at radius 2 is 2.20 bits per heavy atom. The summed E-state index contributed by atoms with van der Waals surface area (Å²) >= 11 is 0. The highest BCUT2D eigenvalue weighted by atomic mass is 14.8. The van der Waals surface area contributed by atoms with Gasteiger partial charge in [-0.25, -0.2) is 4.99 Å². The van der Waals surface area contributed by atoms with E-state index in [1.807, 2.05) is 31.2 Å². The number of nitrogens with zero attached hydrogens (tertiary/aromatic N) is 2. The number of nitriles is 1. The third-order valence-corrected chi connectivity index (χ3v) is 3.66. The second kappa shape index (κ2) is 9.25. The van der Waals surface area contributed by atoms with Crippen molar-refractivity contribution < 1.29 is 0 Å². The maximum absolute atomic E-state index is 8.80. The summed E-state index contributed by atoms with van der Waals surface area (Å²) in [5.74, 6) is 0.916. The van der Waals surface area contributed by atoms with E-state index in [-0.39, 0.29) is 0 Å². The first kappa shape index (κ1) is 16.4. The molecule has 0 aliphatic heterocycles. The van der Waals surface area contributed by atoms with Crippen molar-refractivity contribution in [3.8, 4) is 6.07 Å². The zero-order valence-electron chi connectivity index (χ0n) is 12.7.